The summed E-state index contributed by atoms with van der Waals surface area (Å²) >= 11 is 0. The predicted molar refractivity (Wildman–Crippen MR) is 108 cm³/mol. The average molecular weight is 403 g/mol. The van der Waals surface area contributed by atoms with E-state index in [9.17, 15) is 19.5 Å². The van der Waals surface area contributed by atoms with E-state index in [2.05, 4.69) is 13.8 Å². The Labute approximate surface area is 173 Å². The van der Waals surface area contributed by atoms with Gasteiger partial charge in [0.2, 0.25) is 0 Å². The van der Waals surface area contributed by atoms with E-state index in [1.54, 1.807) is 14.0 Å². The fraction of sp³-hybridized carbons (Fsp3) is 0.792. The summed E-state index contributed by atoms with van der Waals surface area (Å²) in [4.78, 5) is 36.6. The number of methoxy groups -OCH3 is 1. The number of carboxylic acid groups (broad SMARTS) is 1. The molecule has 160 valence electrons. The lowest BCUT2D eigenvalue weighted by molar-refractivity contribution is -0.152. The van der Waals surface area contributed by atoms with Crippen molar-refractivity contribution in [1.82, 2.24) is 0 Å². The fourth-order valence-corrected chi connectivity index (χ4v) is 8.28. The Hall–Kier alpha value is -1.49. The van der Waals surface area contributed by atoms with Gasteiger partial charge in [0.25, 0.3) is 0 Å². The molecule has 0 aliphatic heterocycles. The van der Waals surface area contributed by atoms with Crippen molar-refractivity contribution in [3.05, 3.63) is 11.6 Å². The minimum absolute atomic E-state index is 0.0578. The lowest BCUT2D eigenvalue weighted by Crippen LogP contribution is -2.52. The zero-order chi connectivity index (χ0) is 21.2. The van der Waals surface area contributed by atoms with Gasteiger partial charge < -0.3 is 9.84 Å². The number of allylic oxidation sites excluding steroid dienone is 1. The zero-order valence-corrected chi connectivity index (χ0v) is 18.1. The third-order valence-electron chi connectivity index (χ3n) is 9.41. The highest BCUT2D eigenvalue weighted by Crippen LogP contribution is 2.69. The number of aliphatic carboxylic acids is 1. The molecule has 3 fully saturated rings. The van der Waals surface area contributed by atoms with Gasteiger partial charge in [0.15, 0.2) is 5.78 Å². The van der Waals surface area contributed by atoms with E-state index in [0.29, 0.717) is 24.7 Å². The summed E-state index contributed by atoms with van der Waals surface area (Å²) < 4.78 is 5.91. The Morgan fingerprint density at radius 3 is 2.52 bits per heavy atom. The maximum absolute atomic E-state index is 12.8. The molecular formula is C24H34O5. The molecule has 29 heavy (non-hydrogen) atoms. The third kappa shape index (κ3) is 2.87. The Bertz CT molecular complexity index is 784. The van der Waals surface area contributed by atoms with E-state index in [1.807, 2.05) is 6.08 Å². The third-order valence-corrected chi connectivity index (χ3v) is 9.41. The van der Waals surface area contributed by atoms with Gasteiger partial charge in [-0.2, -0.15) is 0 Å². The van der Waals surface area contributed by atoms with Crippen LogP contribution >= 0.6 is 0 Å². The van der Waals surface area contributed by atoms with Crippen LogP contribution in [0, 0.1) is 34.5 Å². The number of rotatable bonds is 4. The van der Waals surface area contributed by atoms with E-state index in [-0.39, 0.29) is 40.7 Å². The highest BCUT2D eigenvalue weighted by atomic mass is 16.5. The number of hydrogen-bond donors (Lipinski definition) is 1. The molecule has 4 aliphatic carbocycles. The lowest BCUT2D eigenvalue weighted by Gasteiger charge is -2.57. The Morgan fingerprint density at radius 1 is 1.17 bits per heavy atom. The van der Waals surface area contributed by atoms with Crippen molar-refractivity contribution in [3.8, 4) is 0 Å². The normalized spacial score (nSPS) is 46.3. The van der Waals surface area contributed by atoms with Crippen molar-refractivity contribution in [2.24, 2.45) is 34.5 Å². The largest absolute Gasteiger partial charge is 0.481 e. The van der Waals surface area contributed by atoms with Crippen molar-refractivity contribution in [2.75, 3.05) is 7.11 Å². The molecule has 0 aromatic heterocycles. The van der Waals surface area contributed by atoms with Gasteiger partial charge in [-0.3, -0.25) is 14.4 Å². The minimum Gasteiger partial charge on any atom is -0.481 e. The average Bonchev–Trinajstić information content (AvgIpc) is 2.90. The van der Waals surface area contributed by atoms with Gasteiger partial charge in [-0.1, -0.05) is 19.4 Å². The molecule has 4 rings (SSSR count). The highest BCUT2D eigenvalue weighted by molar-refractivity contribution is 5.91. The van der Waals surface area contributed by atoms with Gasteiger partial charge in [-0.15, -0.1) is 0 Å². The van der Waals surface area contributed by atoms with Gasteiger partial charge in [0.1, 0.15) is 5.78 Å². The first-order valence-corrected chi connectivity index (χ1v) is 11.1. The smallest absolute Gasteiger partial charge is 0.306 e. The molecule has 1 unspecified atom stereocenters. The van der Waals surface area contributed by atoms with Gasteiger partial charge >= 0.3 is 5.97 Å². The van der Waals surface area contributed by atoms with Gasteiger partial charge in [-0.05, 0) is 80.1 Å². The van der Waals surface area contributed by atoms with Crippen molar-refractivity contribution < 1.29 is 24.2 Å². The molecule has 1 N–H and O–H groups in total. The number of ketones is 2. The Balaban J connectivity index is 1.74. The number of hydrogen-bond acceptors (Lipinski definition) is 4. The van der Waals surface area contributed by atoms with Crippen LogP contribution in [0.2, 0.25) is 0 Å². The summed E-state index contributed by atoms with van der Waals surface area (Å²) in [5.41, 5.74) is 0.254. The number of carbonyl (C=O) groups excluding carboxylic acids is 2. The van der Waals surface area contributed by atoms with E-state index in [4.69, 9.17) is 4.74 Å². The van der Waals surface area contributed by atoms with Crippen LogP contribution in [0.3, 0.4) is 0 Å². The molecule has 7 atom stereocenters. The quantitative estimate of drug-likeness (QED) is 0.762. The van der Waals surface area contributed by atoms with Crippen LogP contribution in [0.15, 0.2) is 11.6 Å². The summed E-state index contributed by atoms with van der Waals surface area (Å²) in [6.07, 6.45) is 7.91. The van der Waals surface area contributed by atoms with Crippen LogP contribution < -0.4 is 0 Å². The molecule has 0 aromatic rings. The summed E-state index contributed by atoms with van der Waals surface area (Å²) in [7, 11) is 1.58. The molecule has 0 amide bonds. The van der Waals surface area contributed by atoms with Crippen LogP contribution in [0.25, 0.3) is 0 Å². The Kier molecular flexibility index (Phi) is 4.84. The summed E-state index contributed by atoms with van der Waals surface area (Å²) in [5, 5.41) is 9.61. The van der Waals surface area contributed by atoms with Gasteiger partial charge in [-0.25, -0.2) is 0 Å². The molecule has 0 aromatic carbocycles. The van der Waals surface area contributed by atoms with Crippen LogP contribution in [0.1, 0.15) is 72.1 Å². The first-order chi connectivity index (χ1) is 13.6. The van der Waals surface area contributed by atoms with E-state index in [0.717, 1.165) is 32.1 Å². The maximum atomic E-state index is 12.8. The van der Waals surface area contributed by atoms with Crippen molar-refractivity contribution in [1.29, 1.82) is 0 Å². The lowest BCUT2D eigenvalue weighted by atomic mass is 9.46. The molecule has 3 saturated carbocycles. The topological polar surface area (TPSA) is 80.7 Å². The second-order valence-electron chi connectivity index (χ2n) is 10.6. The fourth-order valence-electron chi connectivity index (χ4n) is 8.28. The molecule has 4 aliphatic rings. The molecule has 5 nitrogen and oxygen atoms in total. The first-order valence-electron chi connectivity index (χ1n) is 11.1. The van der Waals surface area contributed by atoms with Crippen LogP contribution in [-0.4, -0.2) is 35.4 Å². The van der Waals surface area contributed by atoms with E-state index in [1.165, 1.54) is 5.57 Å². The van der Waals surface area contributed by atoms with Gasteiger partial charge in [0.05, 0.1) is 17.9 Å². The van der Waals surface area contributed by atoms with Crippen molar-refractivity contribution in [3.63, 3.8) is 0 Å². The zero-order valence-electron chi connectivity index (χ0n) is 18.1. The number of Topliss-reactive ketones (excluding diaryl/α,β-unsaturated/α-hetero) is 1. The maximum Gasteiger partial charge on any atom is 0.306 e. The van der Waals surface area contributed by atoms with Crippen molar-refractivity contribution >= 4 is 17.5 Å². The molecule has 0 radical (unpaired) electrons. The summed E-state index contributed by atoms with van der Waals surface area (Å²) in [5.74, 6) is 0.278. The summed E-state index contributed by atoms with van der Waals surface area (Å²) in [6, 6.07) is 0. The molecule has 0 heterocycles. The van der Waals surface area contributed by atoms with Crippen LogP contribution in [0.4, 0.5) is 0 Å². The molecule has 0 bridgehead atoms. The molecule has 0 saturated heterocycles. The van der Waals surface area contributed by atoms with Crippen LogP contribution in [0.5, 0.6) is 0 Å². The molecule has 0 spiro atoms. The first kappa shape index (κ1) is 20.8. The second-order valence-corrected chi connectivity index (χ2v) is 10.6. The standard InChI is InChI=1S/C24H34O5/c1-14(25)21-23(3)10-8-18-17(19(23)12-24(21,29-4)13-20(27)28)6-5-15-11-16(26)7-9-22(15,18)2/h11,17-19,21H,5-10,12-13H2,1-4H3,(H,27,28)/t17-,18+,19+,21-,22+,23+,24?/m1/s1. The number of ether oxygens (including phenoxy) is 1. The Morgan fingerprint density at radius 2 is 1.90 bits per heavy atom. The minimum atomic E-state index is -0.911. The predicted octanol–water partition coefficient (Wildman–Crippen LogP) is 4.19. The second kappa shape index (κ2) is 6.76. The number of carboxylic acids is 1. The van der Waals surface area contributed by atoms with E-state index >= 15 is 0 Å². The number of fused-ring (bicyclic) bond motifs is 5. The van der Waals surface area contributed by atoms with Gasteiger partial charge in [0, 0.05) is 13.5 Å². The van der Waals surface area contributed by atoms with Crippen LogP contribution in [-0.2, 0) is 19.1 Å². The molecular weight excluding hydrogens is 368 g/mol. The van der Waals surface area contributed by atoms with E-state index < -0.39 is 11.6 Å². The monoisotopic (exact) mass is 402 g/mol. The highest BCUT2D eigenvalue weighted by Gasteiger charge is 2.67. The summed E-state index contributed by atoms with van der Waals surface area (Å²) in [6.45, 7) is 6.15. The number of carbonyl (C=O) groups is 3. The SMILES string of the molecule is COC1(CC(=O)O)C[C@H]2[C@@H]3CCC4=CC(=O)CC[C@]4(C)[C@H]3CC[C@]2(C)[C@H]1C(C)=O. The van der Waals surface area contributed by atoms with Crippen molar-refractivity contribution in [2.45, 2.75) is 77.7 Å². The molecule has 5 heteroatoms.